The lowest BCUT2D eigenvalue weighted by Gasteiger charge is -2.18. The first-order valence-corrected chi connectivity index (χ1v) is 8.62. The average Bonchev–Trinajstić information content (AvgIpc) is 3.01. The summed E-state index contributed by atoms with van der Waals surface area (Å²) in [7, 11) is 0. The molecule has 4 N–H and O–H groups in total. The van der Waals surface area contributed by atoms with E-state index in [2.05, 4.69) is 15.4 Å². The van der Waals surface area contributed by atoms with Crippen LogP contribution in [0.25, 0.3) is 11.6 Å². The maximum Gasteiger partial charge on any atom is 0.416 e. The molecule has 0 saturated heterocycles. The topological polar surface area (TPSA) is 106 Å². The second-order valence-electron chi connectivity index (χ2n) is 6.26. The Hall–Kier alpha value is -3.27. The van der Waals surface area contributed by atoms with Crippen LogP contribution >= 0.6 is 11.6 Å². The Morgan fingerprint density at radius 2 is 2.07 bits per heavy atom. The molecule has 2 aromatic heterocycles. The number of nitrogens with two attached hydrogens (primary N) is 1. The minimum absolute atomic E-state index is 0.0156. The highest BCUT2D eigenvalue weighted by atomic mass is 35.5. The molecule has 0 spiro atoms. The molecule has 2 heterocycles. The van der Waals surface area contributed by atoms with Gasteiger partial charge in [-0.05, 0) is 60.0 Å². The average molecular weight is 426 g/mol. The van der Waals surface area contributed by atoms with Gasteiger partial charge in [-0.1, -0.05) is 0 Å². The van der Waals surface area contributed by atoms with Crippen molar-refractivity contribution in [1.82, 2.24) is 14.6 Å². The van der Waals surface area contributed by atoms with Gasteiger partial charge in [-0.15, -0.1) is 5.10 Å². The van der Waals surface area contributed by atoms with Gasteiger partial charge in [0.05, 0.1) is 11.6 Å². The lowest BCUT2D eigenvalue weighted by atomic mass is 10.0. The van der Waals surface area contributed by atoms with Crippen molar-refractivity contribution in [1.29, 1.82) is 0 Å². The Labute approximate surface area is 167 Å². The molecule has 0 bridgehead atoms. The number of hydrogen-bond acceptors (Lipinski definition) is 5. The number of halogens is 4. The second-order valence-corrected chi connectivity index (χ2v) is 6.59. The van der Waals surface area contributed by atoms with E-state index in [1.165, 1.54) is 16.7 Å². The number of anilines is 2. The van der Waals surface area contributed by atoms with Crippen molar-refractivity contribution in [2.45, 2.75) is 19.1 Å². The normalized spacial score (nSPS) is 13.1. The van der Waals surface area contributed by atoms with Gasteiger partial charge in [0.15, 0.2) is 5.82 Å². The molecule has 7 nitrogen and oxygen atoms in total. The highest BCUT2D eigenvalue weighted by Crippen LogP contribution is 2.33. The van der Waals surface area contributed by atoms with E-state index in [1.54, 1.807) is 19.2 Å². The smallest absolute Gasteiger partial charge is 0.416 e. The van der Waals surface area contributed by atoms with Crippen LogP contribution in [0.15, 0.2) is 36.5 Å². The molecule has 0 saturated carbocycles. The molecular weight excluding hydrogens is 411 g/mol. The summed E-state index contributed by atoms with van der Waals surface area (Å²) in [5.41, 5.74) is 6.06. The van der Waals surface area contributed by atoms with Crippen molar-refractivity contribution >= 4 is 40.7 Å². The molecule has 0 aliphatic carbocycles. The fraction of sp³-hybridized carbons (Fsp3) is 0.167. The van der Waals surface area contributed by atoms with E-state index in [0.29, 0.717) is 16.6 Å². The van der Waals surface area contributed by atoms with E-state index >= 15 is 0 Å². The van der Waals surface area contributed by atoms with E-state index in [0.717, 1.165) is 18.2 Å². The van der Waals surface area contributed by atoms with Crippen LogP contribution in [-0.2, 0) is 11.0 Å². The Balaban J connectivity index is 1.97. The molecule has 11 heteroatoms. The number of fused-ring (bicyclic) bond motifs is 1. The fourth-order valence-electron chi connectivity index (χ4n) is 2.74. The lowest BCUT2D eigenvalue weighted by Crippen LogP contribution is -2.13. The summed E-state index contributed by atoms with van der Waals surface area (Å²) in [5.74, 6) is -0.845. The van der Waals surface area contributed by atoms with Gasteiger partial charge in [-0.3, -0.25) is 0 Å². The molecule has 0 aliphatic heterocycles. The van der Waals surface area contributed by atoms with Crippen LogP contribution in [0.4, 0.5) is 24.7 Å². The molecule has 0 radical (unpaired) electrons. The molecule has 3 rings (SSSR count). The number of carboxylic acids is 1. The van der Waals surface area contributed by atoms with Crippen molar-refractivity contribution in [2.75, 3.05) is 11.1 Å². The van der Waals surface area contributed by atoms with Crippen molar-refractivity contribution in [3.63, 3.8) is 0 Å². The number of nitrogens with zero attached hydrogens (tertiary/aromatic N) is 3. The van der Waals surface area contributed by atoms with Crippen LogP contribution in [0.2, 0.25) is 5.28 Å². The van der Waals surface area contributed by atoms with E-state index in [-0.39, 0.29) is 16.8 Å². The van der Waals surface area contributed by atoms with Crippen molar-refractivity contribution in [3.05, 3.63) is 58.5 Å². The van der Waals surface area contributed by atoms with Gasteiger partial charge in [-0.25, -0.2) is 9.31 Å². The Morgan fingerprint density at radius 1 is 1.34 bits per heavy atom. The SMILES string of the molecule is CC(Nc1nc(Cl)nn2cc(/C=C/C(=O)O)cc12)c1cc(N)cc(C(F)(F)F)c1. The van der Waals surface area contributed by atoms with E-state index < -0.39 is 23.8 Å². The van der Waals surface area contributed by atoms with Crippen LogP contribution < -0.4 is 11.1 Å². The monoisotopic (exact) mass is 425 g/mol. The minimum atomic E-state index is -4.53. The highest BCUT2D eigenvalue weighted by Gasteiger charge is 2.31. The number of aliphatic carboxylic acids is 1. The first-order valence-electron chi connectivity index (χ1n) is 8.24. The quantitative estimate of drug-likeness (QED) is 0.417. The van der Waals surface area contributed by atoms with Crippen LogP contribution in [0, 0.1) is 0 Å². The van der Waals surface area contributed by atoms with Crippen LogP contribution in [-0.4, -0.2) is 25.7 Å². The Bertz CT molecular complexity index is 1110. The summed E-state index contributed by atoms with van der Waals surface area (Å²) in [5, 5.41) is 15.7. The molecule has 0 amide bonds. The third-order valence-electron chi connectivity index (χ3n) is 4.04. The molecule has 152 valence electrons. The van der Waals surface area contributed by atoms with Crippen molar-refractivity contribution in [2.24, 2.45) is 0 Å². The van der Waals surface area contributed by atoms with Gasteiger partial charge >= 0.3 is 12.1 Å². The van der Waals surface area contributed by atoms with Gasteiger partial charge in [0.2, 0.25) is 5.28 Å². The third kappa shape index (κ3) is 4.77. The summed E-state index contributed by atoms with van der Waals surface area (Å²) in [6, 6.07) is 4.33. The number of nitrogens with one attached hydrogen (secondary N) is 1. The van der Waals surface area contributed by atoms with Gasteiger partial charge in [0.25, 0.3) is 0 Å². The van der Waals surface area contributed by atoms with Crippen LogP contribution in [0.5, 0.6) is 0 Å². The number of alkyl halides is 3. The molecular formula is C18H15ClF3N5O2. The number of nitrogen functional groups attached to an aromatic ring is 1. The van der Waals surface area contributed by atoms with Crippen LogP contribution in [0.3, 0.4) is 0 Å². The minimum Gasteiger partial charge on any atom is -0.478 e. The standard InChI is InChI=1S/C18H15ClF3N5O2/c1-9(11-5-12(18(20,21)22)7-13(23)6-11)24-16-14-4-10(2-3-15(28)29)8-27(14)26-17(19)25-16/h2-9H,23H2,1H3,(H,28,29)(H,24,25,26)/b3-2+. The third-order valence-corrected chi connectivity index (χ3v) is 4.20. The summed E-state index contributed by atoms with van der Waals surface area (Å²) >= 11 is 5.94. The lowest BCUT2D eigenvalue weighted by molar-refractivity contribution is -0.137. The molecule has 1 aromatic carbocycles. The number of rotatable bonds is 5. The molecule has 3 aromatic rings. The maximum absolute atomic E-state index is 13.1. The number of carbonyl (C=O) groups is 1. The summed E-state index contributed by atoms with van der Waals surface area (Å²) in [6.45, 7) is 1.65. The van der Waals surface area contributed by atoms with Crippen molar-refractivity contribution < 1.29 is 23.1 Å². The largest absolute Gasteiger partial charge is 0.478 e. The second kappa shape index (κ2) is 7.63. The van der Waals surface area contributed by atoms with E-state index in [1.807, 2.05) is 0 Å². The molecule has 29 heavy (non-hydrogen) atoms. The molecule has 1 unspecified atom stereocenters. The zero-order valence-corrected chi connectivity index (χ0v) is 15.7. The summed E-state index contributed by atoms with van der Waals surface area (Å²) < 4.78 is 40.6. The zero-order chi connectivity index (χ0) is 21.3. The molecule has 1 atom stereocenters. The summed E-state index contributed by atoms with van der Waals surface area (Å²) in [6.07, 6.45) is -0.654. The first kappa shape index (κ1) is 20.5. The van der Waals surface area contributed by atoms with E-state index in [9.17, 15) is 18.0 Å². The van der Waals surface area contributed by atoms with Crippen LogP contribution in [0.1, 0.15) is 29.7 Å². The van der Waals surface area contributed by atoms with Gasteiger partial charge in [-0.2, -0.15) is 18.2 Å². The number of benzene rings is 1. The van der Waals surface area contributed by atoms with E-state index in [4.69, 9.17) is 22.4 Å². The number of aromatic nitrogens is 3. The molecule has 0 aliphatic rings. The fourth-order valence-corrected chi connectivity index (χ4v) is 2.90. The van der Waals surface area contributed by atoms with Gasteiger partial charge in [0, 0.05) is 18.0 Å². The first-order chi connectivity index (χ1) is 13.5. The highest BCUT2D eigenvalue weighted by molar-refractivity contribution is 6.28. The Morgan fingerprint density at radius 3 is 2.72 bits per heavy atom. The van der Waals surface area contributed by atoms with Gasteiger partial charge < -0.3 is 16.2 Å². The number of carboxylic acid groups (broad SMARTS) is 1. The van der Waals surface area contributed by atoms with Gasteiger partial charge in [0.1, 0.15) is 5.52 Å². The predicted octanol–water partition coefficient (Wildman–Crippen LogP) is 4.25. The zero-order valence-electron chi connectivity index (χ0n) is 14.9. The number of hydrogen-bond donors (Lipinski definition) is 3. The molecule has 0 fully saturated rings. The summed E-state index contributed by atoms with van der Waals surface area (Å²) in [4.78, 5) is 14.8. The Kier molecular flexibility index (Phi) is 5.38. The van der Waals surface area contributed by atoms with Crippen molar-refractivity contribution in [3.8, 4) is 0 Å². The maximum atomic E-state index is 13.1. The predicted molar refractivity (Wildman–Crippen MR) is 103 cm³/mol.